The van der Waals surface area contributed by atoms with Gasteiger partial charge in [-0.15, -0.1) is 0 Å². The largest absolute Gasteiger partial charge is 0.497 e. The van der Waals surface area contributed by atoms with Gasteiger partial charge in [0, 0.05) is 11.1 Å². The second-order valence-corrected chi connectivity index (χ2v) is 6.07. The smallest absolute Gasteiger partial charge is 0.203 e. The maximum Gasteiger partial charge on any atom is 0.203 e. The molecule has 29 heavy (non-hydrogen) atoms. The van der Waals surface area contributed by atoms with Gasteiger partial charge in [0.05, 0.1) is 34.1 Å². The predicted molar refractivity (Wildman–Crippen MR) is 110 cm³/mol. The molecule has 0 aliphatic rings. The van der Waals surface area contributed by atoms with E-state index in [0.717, 1.165) is 11.3 Å². The molecule has 0 atom stereocenters. The number of anilines is 1. The Hall–Kier alpha value is -3.92. The minimum absolute atomic E-state index is 0.143. The number of nitrogens with zero attached hydrogens (tertiary/aromatic N) is 2. The summed E-state index contributed by atoms with van der Waals surface area (Å²) < 4.78 is 21.5. The Labute approximate surface area is 169 Å². The van der Waals surface area contributed by atoms with E-state index in [-0.39, 0.29) is 11.4 Å². The molecule has 0 saturated heterocycles. The number of nitrogen functional groups attached to an aromatic ring is 1. The fourth-order valence-electron chi connectivity index (χ4n) is 3.06. The molecule has 7 heteroatoms. The zero-order chi connectivity index (χ0) is 21.0. The van der Waals surface area contributed by atoms with Crippen molar-refractivity contribution in [3.05, 3.63) is 48.0 Å². The molecule has 0 unspecified atom stereocenters. The highest BCUT2D eigenvalue weighted by Crippen LogP contribution is 2.43. The number of nitriles is 1. The first-order valence-electron chi connectivity index (χ1n) is 8.71. The topological polar surface area (TPSA) is 99.6 Å². The quantitative estimate of drug-likeness (QED) is 0.680. The zero-order valence-electron chi connectivity index (χ0n) is 16.6. The molecular weight excluding hydrogens is 370 g/mol. The second kappa shape index (κ2) is 8.40. The van der Waals surface area contributed by atoms with E-state index in [1.807, 2.05) is 30.3 Å². The molecule has 7 nitrogen and oxygen atoms in total. The van der Waals surface area contributed by atoms with Crippen LogP contribution in [0.1, 0.15) is 5.56 Å². The van der Waals surface area contributed by atoms with Crippen molar-refractivity contribution in [1.29, 1.82) is 5.26 Å². The van der Waals surface area contributed by atoms with Crippen molar-refractivity contribution in [2.45, 2.75) is 0 Å². The number of hydrogen-bond donors (Lipinski definition) is 1. The van der Waals surface area contributed by atoms with Gasteiger partial charge in [-0.3, -0.25) is 0 Å². The molecule has 2 N–H and O–H groups in total. The Morgan fingerprint density at radius 1 is 0.828 bits per heavy atom. The molecule has 148 valence electrons. The van der Waals surface area contributed by atoms with Crippen molar-refractivity contribution in [1.82, 2.24) is 4.98 Å². The van der Waals surface area contributed by atoms with E-state index in [9.17, 15) is 5.26 Å². The van der Waals surface area contributed by atoms with Crippen LogP contribution in [0, 0.1) is 11.3 Å². The molecule has 0 saturated carbocycles. The molecular formula is C22H21N3O4. The fourth-order valence-corrected chi connectivity index (χ4v) is 3.06. The Morgan fingerprint density at radius 2 is 1.45 bits per heavy atom. The number of aromatic nitrogens is 1. The lowest BCUT2D eigenvalue weighted by atomic mass is 9.97. The lowest BCUT2D eigenvalue weighted by Crippen LogP contribution is -2.01. The molecule has 0 spiro atoms. The first-order valence-corrected chi connectivity index (χ1v) is 8.71. The maximum atomic E-state index is 9.67. The van der Waals surface area contributed by atoms with Crippen LogP contribution in [0.4, 0.5) is 5.82 Å². The van der Waals surface area contributed by atoms with Gasteiger partial charge in [-0.2, -0.15) is 5.26 Å². The van der Waals surface area contributed by atoms with E-state index >= 15 is 0 Å². The standard InChI is InChI=1S/C22H21N3O4/c1-26-15-7-5-13(6-8-15)18-11-16(17(12-23)22(24)25-18)14-9-19(27-2)21(29-4)20(10-14)28-3/h5-11H,1-4H3,(H2,24,25). The highest BCUT2D eigenvalue weighted by Gasteiger charge is 2.19. The zero-order valence-corrected chi connectivity index (χ0v) is 16.6. The summed E-state index contributed by atoms with van der Waals surface area (Å²) in [6, 6.07) is 14.9. The van der Waals surface area contributed by atoms with Gasteiger partial charge in [0.2, 0.25) is 5.75 Å². The number of methoxy groups -OCH3 is 4. The second-order valence-electron chi connectivity index (χ2n) is 6.07. The molecule has 1 aromatic heterocycles. The molecule has 0 amide bonds. The molecule has 0 bridgehead atoms. The summed E-state index contributed by atoms with van der Waals surface area (Å²) in [5.74, 6) is 2.30. The van der Waals surface area contributed by atoms with Gasteiger partial charge in [-0.25, -0.2) is 4.98 Å². The number of nitrogens with two attached hydrogens (primary N) is 1. The first kappa shape index (κ1) is 19.8. The molecule has 0 aliphatic carbocycles. The van der Waals surface area contributed by atoms with Crippen molar-refractivity contribution in [3.63, 3.8) is 0 Å². The molecule has 2 aromatic carbocycles. The first-order chi connectivity index (χ1) is 14.1. The Kier molecular flexibility index (Phi) is 5.74. The minimum atomic E-state index is 0.143. The highest BCUT2D eigenvalue weighted by molar-refractivity contribution is 5.82. The summed E-state index contributed by atoms with van der Waals surface area (Å²) >= 11 is 0. The third-order valence-electron chi connectivity index (χ3n) is 4.52. The van der Waals surface area contributed by atoms with Crippen LogP contribution < -0.4 is 24.7 Å². The van der Waals surface area contributed by atoms with Crippen molar-refractivity contribution in [2.75, 3.05) is 34.2 Å². The average molecular weight is 391 g/mol. The van der Waals surface area contributed by atoms with E-state index in [0.29, 0.717) is 34.1 Å². The van der Waals surface area contributed by atoms with Crippen molar-refractivity contribution in [2.24, 2.45) is 0 Å². The fraction of sp³-hybridized carbons (Fsp3) is 0.182. The predicted octanol–water partition coefficient (Wildman–Crippen LogP) is 3.90. The normalized spacial score (nSPS) is 10.2. The van der Waals surface area contributed by atoms with E-state index in [2.05, 4.69) is 11.1 Å². The maximum absolute atomic E-state index is 9.67. The molecule has 0 aliphatic heterocycles. The Morgan fingerprint density at radius 3 is 1.93 bits per heavy atom. The van der Waals surface area contributed by atoms with Gasteiger partial charge in [0.25, 0.3) is 0 Å². The van der Waals surface area contributed by atoms with Crippen LogP contribution in [0.2, 0.25) is 0 Å². The summed E-state index contributed by atoms with van der Waals surface area (Å²) in [4.78, 5) is 4.40. The molecule has 3 aromatic rings. The van der Waals surface area contributed by atoms with Gasteiger partial charge in [-0.05, 0) is 48.0 Å². The minimum Gasteiger partial charge on any atom is -0.497 e. The molecule has 0 radical (unpaired) electrons. The van der Waals surface area contributed by atoms with Gasteiger partial charge in [-0.1, -0.05) is 0 Å². The summed E-state index contributed by atoms with van der Waals surface area (Å²) in [6.45, 7) is 0. The average Bonchev–Trinajstić information content (AvgIpc) is 2.77. The van der Waals surface area contributed by atoms with E-state index < -0.39 is 0 Å². The van der Waals surface area contributed by atoms with Gasteiger partial charge < -0.3 is 24.7 Å². The van der Waals surface area contributed by atoms with Gasteiger partial charge >= 0.3 is 0 Å². The monoisotopic (exact) mass is 391 g/mol. The molecule has 1 heterocycles. The summed E-state index contributed by atoms with van der Waals surface area (Å²) in [5, 5.41) is 9.67. The number of pyridine rings is 1. The summed E-state index contributed by atoms with van der Waals surface area (Å²) in [6.07, 6.45) is 0. The van der Waals surface area contributed by atoms with Crippen molar-refractivity contribution < 1.29 is 18.9 Å². The molecule has 0 fully saturated rings. The number of rotatable bonds is 6. The van der Waals surface area contributed by atoms with Gasteiger partial charge in [0.15, 0.2) is 11.5 Å². The molecule has 3 rings (SSSR count). The van der Waals surface area contributed by atoms with Crippen molar-refractivity contribution in [3.8, 4) is 51.5 Å². The SMILES string of the molecule is COc1ccc(-c2cc(-c3cc(OC)c(OC)c(OC)c3)c(C#N)c(N)n2)cc1. The van der Waals surface area contributed by atoms with E-state index in [1.165, 1.54) is 21.3 Å². The van der Waals surface area contributed by atoms with Gasteiger partial charge in [0.1, 0.15) is 23.2 Å². The third-order valence-corrected chi connectivity index (χ3v) is 4.52. The lowest BCUT2D eigenvalue weighted by molar-refractivity contribution is 0.324. The summed E-state index contributed by atoms with van der Waals surface area (Å²) in [5.41, 5.74) is 9.18. The lowest BCUT2D eigenvalue weighted by Gasteiger charge is -2.16. The van der Waals surface area contributed by atoms with Crippen LogP contribution in [0.5, 0.6) is 23.0 Å². The number of benzene rings is 2. The van der Waals surface area contributed by atoms with Crippen LogP contribution in [0.25, 0.3) is 22.4 Å². The number of ether oxygens (including phenoxy) is 4. The summed E-state index contributed by atoms with van der Waals surface area (Å²) in [7, 11) is 6.22. The Bertz CT molecular complexity index is 1050. The third kappa shape index (κ3) is 3.73. The van der Waals surface area contributed by atoms with Crippen molar-refractivity contribution >= 4 is 5.82 Å². The van der Waals surface area contributed by atoms with Crippen LogP contribution in [0.15, 0.2) is 42.5 Å². The highest BCUT2D eigenvalue weighted by atomic mass is 16.5. The van der Waals surface area contributed by atoms with Crippen LogP contribution in [-0.4, -0.2) is 33.4 Å². The number of hydrogen-bond acceptors (Lipinski definition) is 7. The van der Waals surface area contributed by atoms with Crippen LogP contribution >= 0.6 is 0 Å². The van der Waals surface area contributed by atoms with Crippen LogP contribution in [0.3, 0.4) is 0 Å². The Balaban J connectivity index is 2.23. The van der Waals surface area contributed by atoms with Crippen LogP contribution in [-0.2, 0) is 0 Å². The van der Waals surface area contributed by atoms with E-state index in [4.69, 9.17) is 24.7 Å². The van der Waals surface area contributed by atoms with E-state index in [1.54, 1.807) is 19.2 Å².